The van der Waals surface area contributed by atoms with Crippen molar-refractivity contribution in [3.8, 4) is 17.2 Å². The van der Waals surface area contributed by atoms with Crippen LogP contribution in [0, 0.1) is 5.92 Å². The van der Waals surface area contributed by atoms with Gasteiger partial charge in [-0.25, -0.2) is 9.78 Å². The summed E-state index contributed by atoms with van der Waals surface area (Å²) in [6.45, 7) is 1.03. The lowest BCUT2D eigenvalue weighted by molar-refractivity contribution is 0.0690. The largest absolute Gasteiger partial charge is 0.493 e. The Hall–Kier alpha value is -4.34. The molecule has 0 amide bonds. The van der Waals surface area contributed by atoms with Gasteiger partial charge in [0.2, 0.25) is 11.7 Å². The Morgan fingerprint density at radius 2 is 1.71 bits per heavy atom. The molecule has 198 valence electrons. The van der Waals surface area contributed by atoms with Gasteiger partial charge in [-0.1, -0.05) is 18.2 Å². The van der Waals surface area contributed by atoms with E-state index in [4.69, 9.17) is 24.2 Å². The molecule has 2 heterocycles. The molecule has 0 bridgehead atoms. The molecule has 0 spiro atoms. The van der Waals surface area contributed by atoms with Crippen molar-refractivity contribution in [1.82, 2.24) is 9.97 Å². The summed E-state index contributed by atoms with van der Waals surface area (Å²) in [4.78, 5) is 36.6. The number of hydrogen-bond acceptors (Lipinski definition) is 9. The number of carboxylic acid groups (broad SMARTS) is 1. The monoisotopic (exact) mass is 518 g/mol. The molecular formula is C28H30N4O6. The first kappa shape index (κ1) is 25.3. The first-order valence-electron chi connectivity index (χ1n) is 12.5. The lowest BCUT2D eigenvalue weighted by atomic mass is 9.93. The Kier molecular flexibility index (Phi) is 7.04. The summed E-state index contributed by atoms with van der Waals surface area (Å²) in [5.41, 5.74) is 3.08. The fraction of sp³-hybridized carbons (Fsp3) is 0.357. The predicted molar refractivity (Wildman–Crippen MR) is 141 cm³/mol. The number of rotatable bonds is 9. The zero-order chi connectivity index (χ0) is 26.8. The number of ketones is 1. The van der Waals surface area contributed by atoms with Crippen LogP contribution in [-0.2, 0) is 12.8 Å². The number of benzene rings is 2. The van der Waals surface area contributed by atoms with Crippen LogP contribution in [0.1, 0.15) is 44.8 Å². The number of carbonyl (C=O) groups excluding carboxylic acids is 1. The number of carboxylic acids is 1. The minimum absolute atomic E-state index is 0.0292. The standard InChI is InChI=1S/C28H30N4O6/c1-36-22-13-17(14-23(37-2)25(22)38-3)29-26-20-9-6-10-21(20)30-28(31-26)32-12-11-16(15-32)24(33)18-7-4-5-8-19(18)27(34)35/h4-5,7-8,13-14,16H,6,9-12,15H2,1-3H3,(H,34,35)(H,29,30,31). The molecule has 1 aliphatic heterocycles. The number of Topliss-reactive ketones (excluding diaryl/α,β-unsaturated/α-hetero) is 1. The van der Waals surface area contributed by atoms with Gasteiger partial charge < -0.3 is 29.5 Å². The number of nitrogens with one attached hydrogen (secondary N) is 1. The smallest absolute Gasteiger partial charge is 0.336 e. The molecule has 5 rings (SSSR count). The first-order valence-corrected chi connectivity index (χ1v) is 12.5. The Morgan fingerprint density at radius 1 is 1.00 bits per heavy atom. The average Bonchev–Trinajstić information content (AvgIpc) is 3.62. The van der Waals surface area contributed by atoms with E-state index in [0.717, 1.165) is 36.2 Å². The van der Waals surface area contributed by atoms with Crippen molar-refractivity contribution < 1.29 is 28.9 Å². The van der Waals surface area contributed by atoms with Crippen LogP contribution in [0.3, 0.4) is 0 Å². The van der Waals surface area contributed by atoms with E-state index in [2.05, 4.69) is 5.32 Å². The van der Waals surface area contributed by atoms with Crippen LogP contribution in [0.15, 0.2) is 36.4 Å². The summed E-state index contributed by atoms with van der Waals surface area (Å²) in [7, 11) is 4.70. The fourth-order valence-electron chi connectivity index (χ4n) is 5.21. The van der Waals surface area contributed by atoms with Crippen LogP contribution in [0.2, 0.25) is 0 Å². The molecule has 10 nitrogen and oxygen atoms in total. The van der Waals surface area contributed by atoms with Crippen LogP contribution >= 0.6 is 0 Å². The Balaban J connectivity index is 1.42. The van der Waals surface area contributed by atoms with E-state index >= 15 is 0 Å². The van der Waals surface area contributed by atoms with Crippen LogP contribution in [0.5, 0.6) is 17.2 Å². The highest BCUT2D eigenvalue weighted by molar-refractivity contribution is 6.07. The van der Waals surface area contributed by atoms with Gasteiger partial charge in [0.05, 0.1) is 32.6 Å². The van der Waals surface area contributed by atoms with Gasteiger partial charge in [-0.15, -0.1) is 0 Å². The van der Waals surface area contributed by atoms with Crippen molar-refractivity contribution in [3.63, 3.8) is 0 Å². The molecule has 1 fully saturated rings. The second-order valence-electron chi connectivity index (χ2n) is 9.34. The third-order valence-corrected chi connectivity index (χ3v) is 7.11. The molecule has 1 aromatic heterocycles. The van der Waals surface area contributed by atoms with Crippen molar-refractivity contribution in [2.45, 2.75) is 25.7 Å². The maximum absolute atomic E-state index is 13.2. The minimum atomic E-state index is -1.10. The number of aromatic carboxylic acids is 1. The summed E-state index contributed by atoms with van der Waals surface area (Å²) in [5, 5.41) is 12.9. The van der Waals surface area contributed by atoms with E-state index in [1.807, 2.05) is 17.0 Å². The maximum Gasteiger partial charge on any atom is 0.336 e. The van der Waals surface area contributed by atoms with Crippen LogP contribution < -0.4 is 24.4 Å². The highest BCUT2D eigenvalue weighted by atomic mass is 16.5. The highest BCUT2D eigenvalue weighted by Crippen LogP contribution is 2.41. The number of ether oxygens (including phenoxy) is 3. The van der Waals surface area contributed by atoms with Gasteiger partial charge in [0, 0.05) is 48.0 Å². The van der Waals surface area contributed by atoms with E-state index in [0.29, 0.717) is 48.5 Å². The Morgan fingerprint density at radius 3 is 2.37 bits per heavy atom. The molecule has 2 aliphatic rings. The zero-order valence-electron chi connectivity index (χ0n) is 21.6. The maximum atomic E-state index is 13.2. The second kappa shape index (κ2) is 10.6. The van der Waals surface area contributed by atoms with E-state index in [1.54, 1.807) is 39.5 Å². The summed E-state index contributed by atoms with van der Waals surface area (Å²) in [6, 6.07) is 10.0. The molecule has 1 atom stereocenters. The molecule has 10 heteroatoms. The number of carbonyl (C=O) groups is 2. The van der Waals surface area contributed by atoms with Crippen molar-refractivity contribution in [2.24, 2.45) is 5.92 Å². The van der Waals surface area contributed by atoms with E-state index in [9.17, 15) is 14.7 Å². The molecule has 2 aromatic carbocycles. The molecule has 3 aromatic rings. The van der Waals surface area contributed by atoms with E-state index < -0.39 is 5.97 Å². The predicted octanol–water partition coefficient (Wildman–Crippen LogP) is 4.14. The molecular weight excluding hydrogens is 488 g/mol. The lowest BCUT2D eigenvalue weighted by Gasteiger charge is -2.20. The third kappa shape index (κ3) is 4.69. The lowest BCUT2D eigenvalue weighted by Crippen LogP contribution is -2.26. The van der Waals surface area contributed by atoms with Gasteiger partial charge in [0.1, 0.15) is 5.82 Å². The van der Waals surface area contributed by atoms with Crippen molar-refractivity contribution >= 4 is 29.2 Å². The van der Waals surface area contributed by atoms with Gasteiger partial charge in [0.15, 0.2) is 17.3 Å². The van der Waals surface area contributed by atoms with Gasteiger partial charge in [-0.2, -0.15) is 4.98 Å². The molecule has 38 heavy (non-hydrogen) atoms. The average molecular weight is 519 g/mol. The number of methoxy groups -OCH3 is 3. The number of anilines is 3. The van der Waals surface area contributed by atoms with Crippen LogP contribution in [-0.4, -0.2) is 61.2 Å². The number of fused-ring (bicyclic) bond motifs is 1. The van der Waals surface area contributed by atoms with Crippen molar-refractivity contribution in [2.75, 3.05) is 44.6 Å². The number of aromatic nitrogens is 2. The Labute approximate surface area is 220 Å². The van der Waals surface area contributed by atoms with Crippen LogP contribution in [0.4, 0.5) is 17.5 Å². The Bertz CT molecular complexity index is 1370. The highest BCUT2D eigenvalue weighted by Gasteiger charge is 2.33. The molecule has 1 aliphatic carbocycles. The summed E-state index contributed by atoms with van der Waals surface area (Å²) >= 11 is 0. The second-order valence-corrected chi connectivity index (χ2v) is 9.34. The van der Waals surface area contributed by atoms with Gasteiger partial charge in [-0.05, 0) is 31.7 Å². The van der Waals surface area contributed by atoms with Crippen molar-refractivity contribution in [1.29, 1.82) is 0 Å². The summed E-state index contributed by atoms with van der Waals surface area (Å²) < 4.78 is 16.4. The first-order chi connectivity index (χ1) is 18.4. The number of hydrogen-bond donors (Lipinski definition) is 2. The number of aryl methyl sites for hydroxylation is 1. The normalized spacial score (nSPS) is 16.2. The third-order valence-electron chi connectivity index (χ3n) is 7.11. The van der Waals surface area contributed by atoms with Crippen LogP contribution in [0.25, 0.3) is 0 Å². The van der Waals surface area contributed by atoms with Gasteiger partial charge in [-0.3, -0.25) is 4.79 Å². The minimum Gasteiger partial charge on any atom is -0.493 e. The number of nitrogens with zero attached hydrogens (tertiary/aromatic N) is 3. The van der Waals surface area contributed by atoms with E-state index in [1.165, 1.54) is 6.07 Å². The van der Waals surface area contributed by atoms with Gasteiger partial charge in [0.25, 0.3) is 0 Å². The summed E-state index contributed by atoms with van der Waals surface area (Å²) in [5.74, 6) is 1.23. The van der Waals surface area contributed by atoms with Crippen molar-refractivity contribution in [3.05, 3.63) is 58.8 Å². The molecule has 0 radical (unpaired) electrons. The van der Waals surface area contributed by atoms with E-state index in [-0.39, 0.29) is 22.8 Å². The molecule has 0 saturated carbocycles. The zero-order valence-corrected chi connectivity index (χ0v) is 21.6. The topological polar surface area (TPSA) is 123 Å². The SMILES string of the molecule is COc1cc(Nc2nc(N3CCC(C(=O)c4ccccc4C(=O)O)C3)nc3c2CCC3)cc(OC)c1OC. The summed E-state index contributed by atoms with van der Waals surface area (Å²) in [6.07, 6.45) is 3.32. The van der Waals surface area contributed by atoms with Gasteiger partial charge >= 0.3 is 5.97 Å². The molecule has 2 N–H and O–H groups in total. The molecule has 1 unspecified atom stereocenters. The fourth-order valence-corrected chi connectivity index (χ4v) is 5.21. The molecule has 1 saturated heterocycles. The quantitative estimate of drug-likeness (QED) is 0.400.